The first-order chi connectivity index (χ1) is 8.75. The molecule has 7 heteroatoms. The molecule has 0 radical (unpaired) electrons. The summed E-state index contributed by atoms with van der Waals surface area (Å²) in [5.41, 5.74) is 6.54. The first-order valence-electron chi connectivity index (χ1n) is 6.06. The average molecular weight is 322 g/mol. The van der Waals surface area contributed by atoms with Gasteiger partial charge in [0.25, 0.3) is 5.69 Å². The van der Waals surface area contributed by atoms with Gasteiger partial charge in [-0.25, -0.2) is 0 Å². The summed E-state index contributed by atoms with van der Waals surface area (Å²) >= 11 is 5.78. The average Bonchev–Trinajstić information content (AvgIpc) is 2.30. The smallest absolute Gasteiger partial charge is 0.288 e. The first kappa shape index (κ1) is 19.1. The quantitative estimate of drug-likeness (QED) is 0.645. The Morgan fingerprint density at radius 1 is 1.45 bits per heavy atom. The van der Waals surface area contributed by atoms with E-state index in [9.17, 15) is 10.1 Å². The van der Waals surface area contributed by atoms with E-state index in [1.807, 2.05) is 7.05 Å². The molecule has 0 bridgehead atoms. The van der Waals surface area contributed by atoms with Gasteiger partial charge in [0.05, 0.1) is 4.92 Å². The predicted octanol–water partition coefficient (Wildman–Crippen LogP) is 3.09. The Balaban J connectivity index is 0.00000361. The Morgan fingerprint density at radius 2 is 2.05 bits per heavy atom. The molecule has 2 N–H and O–H groups in total. The maximum absolute atomic E-state index is 10.8. The minimum absolute atomic E-state index is 0. The van der Waals surface area contributed by atoms with Crippen LogP contribution in [0.25, 0.3) is 0 Å². The number of benzene rings is 1. The van der Waals surface area contributed by atoms with Crippen molar-refractivity contribution < 1.29 is 4.92 Å². The van der Waals surface area contributed by atoms with Crippen LogP contribution in [0.2, 0.25) is 5.02 Å². The highest BCUT2D eigenvalue weighted by Gasteiger charge is 2.19. The van der Waals surface area contributed by atoms with Crippen LogP contribution >= 0.6 is 24.0 Å². The van der Waals surface area contributed by atoms with E-state index in [1.165, 1.54) is 6.07 Å². The summed E-state index contributed by atoms with van der Waals surface area (Å²) in [4.78, 5) is 12.5. The van der Waals surface area contributed by atoms with Gasteiger partial charge in [0.15, 0.2) is 0 Å². The van der Waals surface area contributed by atoms with Gasteiger partial charge >= 0.3 is 0 Å². The molecule has 1 aromatic carbocycles. The molecule has 20 heavy (non-hydrogen) atoms. The lowest BCUT2D eigenvalue weighted by Crippen LogP contribution is -2.36. The van der Waals surface area contributed by atoms with E-state index in [2.05, 4.69) is 18.7 Å². The molecule has 1 rings (SSSR count). The number of hydrogen-bond acceptors (Lipinski definition) is 4. The van der Waals surface area contributed by atoms with Crippen molar-refractivity contribution in [2.45, 2.75) is 20.4 Å². The third kappa shape index (κ3) is 5.63. The van der Waals surface area contributed by atoms with Crippen molar-refractivity contribution >= 4 is 29.7 Å². The molecule has 0 aliphatic heterocycles. The zero-order valence-corrected chi connectivity index (χ0v) is 13.5. The molecule has 0 amide bonds. The molecule has 5 nitrogen and oxygen atoms in total. The highest BCUT2D eigenvalue weighted by molar-refractivity contribution is 6.32. The molecule has 0 unspecified atom stereocenters. The second-order valence-electron chi connectivity index (χ2n) is 5.58. The zero-order chi connectivity index (χ0) is 14.6. The maximum atomic E-state index is 10.8. The summed E-state index contributed by atoms with van der Waals surface area (Å²) in [5, 5.41) is 11.0. The van der Waals surface area contributed by atoms with Crippen LogP contribution in [0.4, 0.5) is 5.69 Å². The summed E-state index contributed by atoms with van der Waals surface area (Å²) in [6.45, 7) is 6.22. The lowest BCUT2D eigenvalue weighted by Gasteiger charge is -2.29. The van der Waals surface area contributed by atoms with Gasteiger partial charge in [-0.1, -0.05) is 31.5 Å². The van der Waals surface area contributed by atoms with Gasteiger partial charge in [0, 0.05) is 19.2 Å². The highest BCUT2D eigenvalue weighted by Crippen LogP contribution is 2.26. The minimum Gasteiger partial charge on any atom is -0.330 e. The largest absolute Gasteiger partial charge is 0.330 e. The Labute approximate surface area is 130 Å². The van der Waals surface area contributed by atoms with E-state index in [0.717, 1.165) is 12.1 Å². The van der Waals surface area contributed by atoms with Crippen molar-refractivity contribution in [2.75, 3.05) is 20.1 Å². The lowest BCUT2D eigenvalue weighted by molar-refractivity contribution is -0.384. The highest BCUT2D eigenvalue weighted by atomic mass is 35.5. The third-order valence-electron chi connectivity index (χ3n) is 2.91. The number of nitro benzene ring substituents is 1. The summed E-state index contributed by atoms with van der Waals surface area (Å²) < 4.78 is 0. The van der Waals surface area contributed by atoms with Crippen LogP contribution in [0.5, 0.6) is 0 Å². The van der Waals surface area contributed by atoms with Crippen molar-refractivity contribution in [3.63, 3.8) is 0 Å². The molecule has 0 saturated carbocycles. The molecule has 0 atom stereocenters. The second kappa shape index (κ2) is 7.78. The van der Waals surface area contributed by atoms with Gasteiger partial charge in [0.2, 0.25) is 0 Å². The maximum Gasteiger partial charge on any atom is 0.288 e. The van der Waals surface area contributed by atoms with Crippen LogP contribution in [0, 0.1) is 15.5 Å². The molecular weight excluding hydrogens is 301 g/mol. The van der Waals surface area contributed by atoms with Crippen molar-refractivity contribution in [2.24, 2.45) is 11.1 Å². The number of nitrogens with zero attached hydrogens (tertiary/aromatic N) is 2. The van der Waals surface area contributed by atoms with Gasteiger partial charge in [-0.05, 0) is 30.6 Å². The number of nitrogens with two attached hydrogens (primary N) is 1. The number of halogens is 2. The van der Waals surface area contributed by atoms with Crippen LogP contribution in [-0.4, -0.2) is 30.0 Å². The number of rotatable bonds is 6. The SMILES string of the molecule is CN(Cc1ccc(Cl)c([N+](=O)[O-])c1)CC(C)(C)CN.Cl. The van der Waals surface area contributed by atoms with Gasteiger partial charge in [-0.3, -0.25) is 10.1 Å². The Kier molecular flexibility index (Phi) is 7.44. The second-order valence-corrected chi connectivity index (χ2v) is 5.99. The third-order valence-corrected chi connectivity index (χ3v) is 3.23. The molecule has 0 spiro atoms. The summed E-state index contributed by atoms with van der Waals surface area (Å²) in [6, 6.07) is 4.90. The fourth-order valence-electron chi connectivity index (χ4n) is 1.96. The van der Waals surface area contributed by atoms with E-state index in [4.69, 9.17) is 17.3 Å². The minimum atomic E-state index is -0.463. The van der Waals surface area contributed by atoms with Gasteiger partial charge in [-0.2, -0.15) is 0 Å². The number of nitro groups is 1. The molecule has 0 aromatic heterocycles. The van der Waals surface area contributed by atoms with Crippen molar-refractivity contribution in [3.05, 3.63) is 38.9 Å². The van der Waals surface area contributed by atoms with Crippen LogP contribution in [0.3, 0.4) is 0 Å². The monoisotopic (exact) mass is 321 g/mol. The lowest BCUT2D eigenvalue weighted by atomic mass is 9.93. The van der Waals surface area contributed by atoms with E-state index in [1.54, 1.807) is 12.1 Å². The van der Waals surface area contributed by atoms with Crippen LogP contribution in [-0.2, 0) is 6.54 Å². The van der Waals surface area contributed by atoms with E-state index >= 15 is 0 Å². The van der Waals surface area contributed by atoms with E-state index in [-0.39, 0.29) is 28.5 Å². The molecule has 0 aliphatic rings. The summed E-state index contributed by atoms with van der Waals surface area (Å²) in [6.07, 6.45) is 0. The Bertz CT molecular complexity index is 467. The van der Waals surface area contributed by atoms with Gasteiger partial charge in [0.1, 0.15) is 5.02 Å². The van der Waals surface area contributed by atoms with Crippen LogP contribution in [0.1, 0.15) is 19.4 Å². The molecular formula is C13H21Cl2N3O2. The molecule has 1 aromatic rings. The zero-order valence-electron chi connectivity index (χ0n) is 11.9. The van der Waals surface area contributed by atoms with Crippen molar-refractivity contribution in [3.8, 4) is 0 Å². The van der Waals surface area contributed by atoms with E-state index < -0.39 is 4.92 Å². The predicted molar refractivity (Wildman–Crippen MR) is 84.5 cm³/mol. The molecule has 0 aliphatic carbocycles. The van der Waals surface area contributed by atoms with Crippen molar-refractivity contribution in [1.82, 2.24) is 4.90 Å². The van der Waals surface area contributed by atoms with E-state index in [0.29, 0.717) is 13.1 Å². The summed E-state index contributed by atoms with van der Waals surface area (Å²) in [7, 11) is 1.97. The first-order valence-corrected chi connectivity index (χ1v) is 6.44. The molecule has 0 saturated heterocycles. The summed E-state index contributed by atoms with van der Waals surface area (Å²) in [5.74, 6) is 0. The van der Waals surface area contributed by atoms with Gasteiger partial charge in [-0.15, -0.1) is 12.4 Å². The standard InChI is InChI=1S/C13H20ClN3O2.ClH/c1-13(2,8-15)9-16(3)7-10-4-5-11(14)12(6-10)17(18)19;/h4-6H,7-9,15H2,1-3H3;1H. The normalized spacial score (nSPS) is 11.3. The number of hydrogen-bond donors (Lipinski definition) is 1. The Morgan fingerprint density at radius 3 is 2.55 bits per heavy atom. The van der Waals surface area contributed by atoms with Crippen molar-refractivity contribution in [1.29, 1.82) is 0 Å². The van der Waals surface area contributed by atoms with Gasteiger partial charge < -0.3 is 10.6 Å². The van der Waals surface area contributed by atoms with Crippen LogP contribution in [0.15, 0.2) is 18.2 Å². The fourth-order valence-corrected chi connectivity index (χ4v) is 2.15. The molecule has 0 heterocycles. The topological polar surface area (TPSA) is 72.4 Å². The van der Waals surface area contributed by atoms with Crippen LogP contribution < -0.4 is 5.73 Å². The fraction of sp³-hybridized carbons (Fsp3) is 0.538. The Hall–Kier alpha value is -0.880. The molecule has 0 fully saturated rings. The molecule has 114 valence electrons.